The zero-order valence-electron chi connectivity index (χ0n) is 12.1. The van der Waals surface area contributed by atoms with Crippen LogP contribution in [0.5, 0.6) is 0 Å². The van der Waals surface area contributed by atoms with Crippen molar-refractivity contribution in [2.45, 2.75) is 63.8 Å². The van der Waals surface area contributed by atoms with Gasteiger partial charge < -0.3 is 20.3 Å². The van der Waals surface area contributed by atoms with Crippen molar-refractivity contribution in [3.05, 3.63) is 0 Å². The van der Waals surface area contributed by atoms with Gasteiger partial charge in [0.2, 0.25) is 0 Å². The summed E-state index contributed by atoms with van der Waals surface area (Å²) in [6.45, 7) is 9.87. The van der Waals surface area contributed by atoms with Gasteiger partial charge in [0.1, 0.15) is 5.60 Å². The molecule has 18 heavy (non-hydrogen) atoms. The highest BCUT2D eigenvalue weighted by atomic mass is 16.6. The average molecular weight is 257 g/mol. The summed E-state index contributed by atoms with van der Waals surface area (Å²) >= 11 is 0. The van der Waals surface area contributed by atoms with Crippen LogP contribution in [0.2, 0.25) is 0 Å². The predicted molar refractivity (Wildman–Crippen MR) is 70.4 cm³/mol. The lowest BCUT2D eigenvalue weighted by molar-refractivity contribution is -0.196. The van der Waals surface area contributed by atoms with Gasteiger partial charge in [-0.05, 0) is 40.5 Å². The fourth-order valence-corrected chi connectivity index (χ4v) is 4.01. The molecule has 0 aromatic rings. The quantitative estimate of drug-likeness (QED) is 0.786. The first-order valence-electron chi connectivity index (χ1n) is 6.89. The Morgan fingerprint density at radius 2 is 1.67 bits per heavy atom. The molecule has 2 fully saturated rings. The van der Waals surface area contributed by atoms with Crippen molar-refractivity contribution in [3.63, 3.8) is 0 Å². The van der Waals surface area contributed by atoms with Gasteiger partial charge in [-0.15, -0.1) is 0 Å². The van der Waals surface area contributed by atoms with Gasteiger partial charge in [0.15, 0.2) is 0 Å². The first kappa shape index (κ1) is 14.3. The highest BCUT2D eigenvalue weighted by Gasteiger charge is 2.65. The van der Waals surface area contributed by atoms with Gasteiger partial charge in [-0.1, -0.05) is 0 Å². The van der Waals surface area contributed by atoms with E-state index < -0.39 is 11.2 Å². The van der Waals surface area contributed by atoms with Gasteiger partial charge >= 0.3 is 0 Å². The van der Waals surface area contributed by atoms with E-state index in [0.717, 1.165) is 12.8 Å². The number of hydrogen-bond donors (Lipinski definition) is 2. The molecule has 2 saturated heterocycles. The Bertz CT molecular complexity index is 321. The molecule has 0 bridgehead atoms. The van der Waals surface area contributed by atoms with Gasteiger partial charge in [0.25, 0.3) is 0 Å². The number of hydrogen-bond acceptors (Lipinski definition) is 4. The number of nitrogens with two attached hydrogens (primary N) is 1. The Balaban J connectivity index is 2.39. The third-order valence-electron chi connectivity index (χ3n) is 4.93. The molecule has 1 unspecified atom stereocenters. The summed E-state index contributed by atoms with van der Waals surface area (Å²) in [5.41, 5.74) is 3.98. The van der Waals surface area contributed by atoms with Crippen molar-refractivity contribution in [1.82, 2.24) is 0 Å². The zero-order chi connectivity index (χ0) is 13.7. The van der Waals surface area contributed by atoms with Crippen molar-refractivity contribution in [2.75, 3.05) is 19.8 Å². The van der Waals surface area contributed by atoms with Gasteiger partial charge in [-0.2, -0.15) is 0 Å². The predicted octanol–water partition coefficient (Wildman–Crippen LogP) is 1.45. The molecule has 0 amide bonds. The molecule has 0 aromatic heterocycles. The molecule has 1 atom stereocenters. The minimum Gasteiger partial charge on any atom is -0.386 e. The molecule has 2 rings (SSSR count). The van der Waals surface area contributed by atoms with Crippen LogP contribution in [-0.2, 0) is 9.47 Å². The number of aliphatic hydroxyl groups is 1. The molecule has 0 aliphatic carbocycles. The van der Waals surface area contributed by atoms with E-state index in [1.54, 1.807) is 0 Å². The average Bonchev–Trinajstić information content (AvgIpc) is 2.44. The maximum Gasteiger partial charge on any atom is 0.103 e. The first-order chi connectivity index (χ1) is 8.18. The third kappa shape index (κ3) is 1.90. The van der Waals surface area contributed by atoms with E-state index in [0.29, 0.717) is 26.2 Å². The molecule has 2 heterocycles. The SMILES string of the molecule is CC1(C)CC(O)(C2(CN)CCOCC2)C(C)(C)O1. The van der Waals surface area contributed by atoms with Crippen LogP contribution in [0.15, 0.2) is 0 Å². The summed E-state index contributed by atoms with van der Waals surface area (Å²) < 4.78 is 11.5. The van der Waals surface area contributed by atoms with Crippen LogP contribution in [0.25, 0.3) is 0 Å². The normalized spacial score (nSPS) is 37.7. The molecule has 0 radical (unpaired) electrons. The molecule has 0 saturated carbocycles. The lowest BCUT2D eigenvalue weighted by Gasteiger charge is -2.52. The van der Waals surface area contributed by atoms with Crippen molar-refractivity contribution in [1.29, 1.82) is 0 Å². The van der Waals surface area contributed by atoms with Gasteiger partial charge in [0, 0.05) is 31.6 Å². The Morgan fingerprint density at radius 3 is 2.06 bits per heavy atom. The summed E-state index contributed by atoms with van der Waals surface area (Å²) in [5.74, 6) is 0. The molecule has 0 aromatic carbocycles. The fraction of sp³-hybridized carbons (Fsp3) is 1.00. The second-order valence-electron chi connectivity index (χ2n) is 7.01. The van der Waals surface area contributed by atoms with Crippen LogP contribution in [0.1, 0.15) is 47.0 Å². The van der Waals surface area contributed by atoms with Gasteiger partial charge in [-0.3, -0.25) is 0 Å². The minimum atomic E-state index is -0.887. The van der Waals surface area contributed by atoms with E-state index in [9.17, 15) is 5.11 Å². The van der Waals surface area contributed by atoms with E-state index in [1.165, 1.54) is 0 Å². The molecule has 2 aliphatic heterocycles. The second-order valence-corrected chi connectivity index (χ2v) is 7.01. The van der Waals surface area contributed by atoms with Gasteiger partial charge in [0.05, 0.1) is 11.2 Å². The second kappa shape index (κ2) is 4.17. The maximum atomic E-state index is 11.4. The first-order valence-corrected chi connectivity index (χ1v) is 6.89. The molecule has 0 spiro atoms. The van der Waals surface area contributed by atoms with Crippen molar-refractivity contribution in [2.24, 2.45) is 11.1 Å². The van der Waals surface area contributed by atoms with Crippen molar-refractivity contribution < 1.29 is 14.6 Å². The fourth-order valence-electron chi connectivity index (χ4n) is 4.01. The summed E-state index contributed by atoms with van der Waals surface area (Å²) in [6, 6.07) is 0. The van der Waals surface area contributed by atoms with Crippen molar-refractivity contribution >= 4 is 0 Å². The van der Waals surface area contributed by atoms with E-state index in [2.05, 4.69) is 0 Å². The van der Waals surface area contributed by atoms with Crippen molar-refractivity contribution in [3.8, 4) is 0 Å². The zero-order valence-corrected chi connectivity index (χ0v) is 12.1. The van der Waals surface area contributed by atoms with E-state index >= 15 is 0 Å². The minimum absolute atomic E-state index is 0.289. The number of rotatable bonds is 2. The Labute approximate surface area is 110 Å². The Morgan fingerprint density at radius 1 is 1.11 bits per heavy atom. The third-order valence-corrected chi connectivity index (χ3v) is 4.93. The molecular weight excluding hydrogens is 230 g/mol. The van der Waals surface area contributed by atoms with Crippen LogP contribution in [0.3, 0.4) is 0 Å². The summed E-state index contributed by atoms with van der Waals surface area (Å²) in [5, 5.41) is 11.4. The molecular formula is C14H27NO3. The molecule has 3 N–H and O–H groups in total. The molecule has 4 heteroatoms. The van der Waals surface area contributed by atoms with E-state index in [4.69, 9.17) is 15.2 Å². The lowest BCUT2D eigenvalue weighted by Crippen LogP contribution is -2.63. The Kier molecular flexibility index (Phi) is 3.30. The molecule has 106 valence electrons. The highest BCUT2D eigenvalue weighted by molar-refractivity contribution is 5.15. The monoisotopic (exact) mass is 257 g/mol. The smallest absolute Gasteiger partial charge is 0.103 e. The van der Waals surface area contributed by atoms with E-state index in [-0.39, 0.29) is 11.0 Å². The topological polar surface area (TPSA) is 64.7 Å². The van der Waals surface area contributed by atoms with Crippen LogP contribution in [0, 0.1) is 5.41 Å². The van der Waals surface area contributed by atoms with Gasteiger partial charge in [-0.25, -0.2) is 0 Å². The number of ether oxygens (including phenoxy) is 2. The highest BCUT2D eigenvalue weighted by Crippen LogP contribution is 2.56. The van der Waals surface area contributed by atoms with Crippen LogP contribution in [-0.4, -0.2) is 41.7 Å². The molecule has 4 nitrogen and oxygen atoms in total. The van der Waals surface area contributed by atoms with Crippen LogP contribution in [0.4, 0.5) is 0 Å². The molecule has 2 aliphatic rings. The van der Waals surface area contributed by atoms with E-state index in [1.807, 2.05) is 27.7 Å². The Hall–Kier alpha value is -0.160. The lowest BCUT2D eigenvalue weighted by atomic mass is 9.59. The van der Waals surface area contributed by atoms with Crippen LogP contribution < -0.4 is 5.73 Å². The van der Waals surface area contributed by atoms with Crippen LogP contribution >= 0.6 is 0 Å². The maximum absolute atomic E-state index is 11.4. The summed E-state index contributed by atoms with van der Waals surface area (Å²) in [4.78, 5) is 0. The standard InChI is InChI=1S/C14H27NO3/c1-11(2)9-14(16,12(3,4)18-11)13(10-15)5-7-17-8-6-13/h16H,5-10,15H2,1-4H3. The summed E-state index contributed by atoms with van der Waals surface area (Å²) in [6.07, 6.45) is 2.25. The summed E-state index contributed by atoms with van der Waals surface area (Å²) in [7, 11) is 0. The largest absolute Gasteiger partial charge is 0.386 e.